The molecule has 1 heterocycles. The predicted molar refractivity (Wildman–Crippen MR) is 87.2 cm³/mol. The average Bonchev–Trinajstić information content (AvgIpc) is 3.01. The van der Waals surface area contributed by atoms with Gasteiger partial charge in [-0.05, 0) is 35.7 Å². The number of halogens is 2. The maximum absolute atomic E-state index is 13.9. The van der Waals surface area contributed by atoms with Gasteiger partial charge in [0, 0.05) is 19.0 Å². The van der Waals surface area contributed by atoms with Crippen molar-refractivity contribution in [3.63, 3.8) is 0 Å². The van der Waals surface area contributed by atoms with Gasteiger partial charge in [0.1, 0.15) is 11.6 Å². The second kappa shape index (κ2) is 6.59. The summed E-state index contributed by atoms with van der Waals surface area (Å²) in [4.78, 5) is 14.2. The van der Waals surface area contributed by atoms with Gasteiger partial charge in [0.15, 0.2) is 0 Å². The van der Waals surface area contributed by atoms with Crippen LogP contribution in [0.25, 0.3) is 0 Å². The van der Waals surface area contributed by atoms with E-state index in [-0.39, 0.29) is 34.8 Å². The van der Waals surface area contributed by atoms with Crippen LogP contribution in [-0.4, -0.2) is 29.0 Å². The minimum Gasteiger partial charge on any atom is -0.506 e. The van der Waals surface area contributed by atoms with Crippen LogP contribution in [0.2, 0.25) is 5.02 Å². The van der Waals surface area contributed by atoms with Crippen molar-refractivity contribution in [2.45, 2.75) is 18.8 Å². The first-order chi connectivity index (χ1) is 11.0. The number of hydrogen-bond donors (Lipinski definition) is 1. The van der Waals surface area contributed by atoms with Crippen molar-refractivity contribution < 1.29 is 14.3 Å². The number of carbonyl (C=O) groups excluding carboxylic acids is 1. The number of hydrogen-bond acceptors (Lipinski definition) is 2. The molecule has 120 valence electrons. The maximum Gasteiger partial charge on any atom is 0.227 e. The van der Waals surface area contributed by atoms with Gasteiger partial charge in [-0.3, -0.25) is 4.79 Å². The lowest BCUT2D eigenvalue weighted by molar-refractivity contribution is -0.129. The Balaban J connectivity index is 1.65. The second-order valence-corrected chi connectivity index (χ2v) is 6.22. The van der Waals surface area contributed by atoms with E-state index in [2.05, 4.69) is 0 Å². The van der Waals surface area contributed by atoms with Crippen LogP contribution in [0.15, 0.2) is 42.5 Å². The molecule has 0 aliphatic carbocycles. The van der Waals surface area contributed by atoms with Crippen molar-refractivity contribution in [1.82, 2.24) is 4.90 Å². The molecule has 0 spiro atoms. The molecule has 1 fully saturated rings. The van der Waals surface area contributed by atoms with E-state index in [9.17, 15) is 14.3 Å². The van der Waals surface area contributed by atoms with Gasteiger partial charge in [-0.15, -0.1) is 0 Å². The van der Waals surface area contributed by atoms with Crippen molar-refractivity contribution >= 4 is 17.5 Å². The summed E-state index contributed by atoms with van der Waals surface area (Å²) in [7, 11) is 0. The van der Waals surface area contributed by atoms with Gasteiger partial charge in [0.05, 0.1) is 11.4 Å². The Hall–Kier alpha value is -2.07. The number of rotatable bonds is 3. The van der Waals surface area contributed by atoms with Crippen molar-refractivity contribution in [3.8, 4) is 5.75 Å². The summed E-state index contributed by atoms with van der Waals surface area (Å²) in [5.41, 5.74) is 1.43. The van der Waals surface area contributed by atoms with E-state index in [1.54, 1.807) is 29.2 Å². The van der Waals surface area contributed by atoms with E-state index in [0.29, 0.717) is 18.7 Å². The normalized spacial score (nSPS) is 17.5. The highest BCUT2D eigenvalue weighted by Gasteiger charge is 2.28. The van der Waals surface area contributed by atoms with Gasteiger partial charge >= 0.3 is 0 Å². The summed E-state index contributed by atoms with van der Waals surface area (Å²) < 4.78 is 13.9. The molecule has 1 N–H and O–H groups in total. The van der Waals surface area contributed by atoms with Crippen LogP contribution >= 0.6 is 11.6 Å². The monoisotopic (exact) mass is 333 g/mol. The number of phenols is 1. The molecule has 1 amide bonds. The van der Waals surface area contributed by atoms with Crippen LogP contribution < -0.4 is 0 Å². The Bertz CT molecular complexity index is 735. The lowest BCUT2D eigenvalue weighted by atomic mass is 9.98. The molecule has 0 saturated carbocycles. The zero-order chi connectivity index (χ0) is 16.4. The smallest absolute Gasteiger partial charge is 0.227 e. The molecule has 1 aliphatic rings. The molecule has 5 heteroatoms. The molecule has 2 aromatic rings. The van der Waals surface area contributed by atoms with E-state index in [1.165, 1.54) is 12.1 Å². The second-order valence-electron chi connectivity index (χ2n) is 5.81. The molecular formula is C18H17ClFNO2. The number of amides is 1. The molecule has 1 unspecified atom stereocenters. The highest BCUT2D eigenvalue weighted by molar-refractivity contribution is 6.32. The summed E-state index contributed by atoms with van der Waals surface area (Å²) in [6.07, 6.45) is 0.993. The molecule has 0 aromatic heterocycles. The highest BCUT2D eigenvalue weighted by Crippen LogP contribution is 2.30. The Kier molecular flexibility index (Phi) is 4.53. The number of carbonyl (C=O) groups is 1. The van der Waals surface area contributed by atoms with E-state index < -0.39 is 0 Å². The SMILES string of the molecule is O=C(Cc1ccc(O)c(Cl)c1)N1CCC(c2ccccc2F)C1. The van der Waals surface area contributed by atoms with Crippen LogP contribution in [0.1, 0.15) is 23.5 Å². The molecule has 0 radical (unpaired) electrons. The molecule has 0 bridgehead atoms. The minimum atomic E-state index is -0.211. The molecule has 2 aromatic carbocycles. The standard InChI is InChI=1S/C18H17ClFNO2/c19-15-9-12(5-6-17(15)22)10-18(23)21-8-7-13(11-21)14-3-1-2-4-16(14)20/h1-6,9,13,22H,7-8,10-11H2. The van der Waals surface area contributed by atoms with E-state index in [4.69, 9.17) is 11.6 Å². The van der Waals surface area contributed by atoms with E-state index >= 15 is 0 Å². The van der Waals surface area contributed by atoms with Gasteiger partial charge in [0.25, 0.3) is 0 Å². The number of phenolic OH excluding ortho intramolecular Hbond substituents is 1. The Morgan fingerprint density at radius 1 is 1.30 bits per heavy atom. The lowest BCUT2D eigenvalue weighted by Gasteiger charge is -2.17. The summed E-state index contributed by atoms with van der Waals surface area (Å²) in [6, 6.07) is 11.5. The summed E-state index contributed by atoms with van der Waals surface area (Å²) in [6.45, 7) is 1.16. The first kappa shape index (κ1) is 15.8. The molecule has 1 saturated heterocycles. The predicted octanol–water partition coefficient (Wildman–Crippen LogP) is 3.74. The fourth-order valence-electron chi connectivity index (χ4n) is 2.99. The number of likely N-dealkylation sites (tertiary alicyclic amines) is 1. The van der Waals surface area contributed by atoms with Crippen LogP contribution in [0.4, 0.5) is 4.39 Å². The topological polar surface area (TPSA) is 40.5 Å². The fourth-order valence-corrected chi connectivity index (χ4v) is 3.20. The van der Waals surface area contributed by atoms with Crippen molar-refractivity contribution in [2.24, 2.45) is 0 Å². The van der Waals surface area contributed by atoms with Crippen LogP contribution in [0.3, 0.4) is 0 Å². The van der Waals surface area contributed by atoms with Crippen molar-refractivity contribution in [1.29, 1.82) is 0 Å². The Morgan fingerprint density at radius 3 is 2.83 bits per heavy atom. The highest BCUT2D eigenvalue weighted by atomic mass is 35.5. The van der Waals surface area contributed by atoms with Crippen LogP contribution in [0, 0.1) is 5.82 Å². The van der Waals surface area contributed by atoms with Gasteiger partial charge in [0.2, 0.25) is 5.91 Å². The van der Waals surface area contributed by atoms with Crippen molar-refractivity contribution in [2.75, 3.05) is 13.1 Å². The zero-order valence-corrected chi connectivity index (χ0v) is 13.3. The third kappa shape index (κ3) is 3.48. The van der Waals surface area contributed by atoms with E-state index in [1.807, 2.05) is 6.07 Å². The van der Waals surface area contributed by atoms with Gasteiger partial charge < -0.3 is 10.0 Å². The largest absolute Gasteiger partial charge is 0.506 e. The third-order valence-electron chi connectivity index (χ3n) is 4.25. The quantitative estimate of drug-likeness (QED) is 0.929. The van der Waals surface area contributed by atoms with Crippen LogP contribution in [-0.2, 0) is 11.2 Å². The molecule has 23 heavy (non-hydrogen) atoms. The zero-order valence-electron chi connectivity index (χ0n) is 12.5. The summed E-state index contributed by atoms with van der Waals surface area (Å²) >= 11 is 5.86. The first-order valence-corrected chi connectivity index (χ1v) is 7.92. The Morgan fingerprint density at radius 2 is 2.09 bits per heavy atom. The lowest BCUT2D eigenvalue weighted by Crippen LogP contribution is -2.29. The van der Waals surface area contributed by atoms with Crippen LogP contribution in [0.5, 0.6) is 5.75 Å². The first-order valence-electron chi connectivity index (χ1n) is 7.54. The van der Waals surface area contributed by atoms with Gasteiger partial charge in [-0.25, -0.2) is 4.39 Å². The minimum absolute atomic E-state index is 0.00338. The van der Waals surface area contributed by atoms with E-state index in [0.717, 1.165) is 12.0 Å². The maximum atomic E-state index is 13.9. The summed E-state index contributed by atoms with van der Waals surface area (Å²) in [5, 5.41) is 9.65. The number of benzene rings is 2. The molecule has 1 atom stereocenters. The average molecular weight is 334 g/mol. The Labute approximate surface area is 139 Å². The molecule has 3 nitrogen and oxygen atoms in total. The third-order valence-corrected chi connectivity index (χ3v) is 4.56. The molecule has 3 rings (SSSR count). The number of aromatic hydroxyl groups is 1. The summed E-state index contributed by atoms with van der Waals surface area (Å²) in [5.74, 6) is -0.171. The molecule has 1 aliphatic heterocycles. The van der Waals surface area contributed by atoms with Crippen molar-refractivity contribution in [3.05, 3.63) is 64.4 Å². The van der Waals surface area contributed by atoms with Gasteiger partial charge in [-0.2, -0.15) is 0 Å². The van der Waals surface area contributed by atoms with Gasteiger partial charge in [-0.1, -0.05) is 35.9 Å². The number of nitrogens with zero attached hydrogens (tertiary/aromatic N) is 1. The fraction of sp³-hybridized carbons (Fsp3) is 0.278. The molecular weight excluding hydrogens is 317 g/mol.